The van der Waals surface area contributed by atoms with Crippen molar-refractivity contribution in [1.29, 1.82) is 0 Å². The summed E-state index contributed by atoms with van der Waals surface area (Å²) in [7, 11) is 1.87. The third-order valence-electron chi connectivity index (χ3n) is 2.43. The molecule has 0 radical (unpaired) electrons. The lowest BCUT2D eigenvalue weighted by Gasteiger charge is -2.06. The van der Waals surface area contributed by atoms with Gasteiger partial charge >= 0.3 is 0 Å². The molecular weight excluding hydrogens is 188 g/mol. The molecule has 1 amide bonds. The molecule has 3 nitrogen and oxygen atoms in total. The van der Waals surface area contributed by atoms with Crippen molar-refractivity contribution in [3.63, 3.8) is 0 Å². The molecule has 2 aromatic rings. The molecule has 0 saturated heterocycles. The first-order valence-electron chi connectivity index (χ1n) is 4.72. The van der Waals surface area contributed by atoms with Crippen LogP contribution < -0.4 is 11.1 Å². The molecule has 0 aliphatic rings. The minimum Gasteiger partial charge on any atom is -0.388 e. The minimum absolute atomic E-state index is 0.397. The van der Waals surface area contributed by atoms with Gasteiger partial charge in [0.1, 0.15) is 0 Å². The summed E-state index contributed by atoms with van der Waals surface area (Å²) in [6.07, 6.45) is 0. The number of carbonyl (C=O) groups is 1. The summed E-state index contributed by atoms with van der Waals surface area (Å²) in [6.45, 7) is 0. The van der Waals surface area contributed by atoms with E-state index in [4.69, 9.17) is 5.73 Å². The molecule has 2 aromatic carbocycles. The van der Waals surface area contributed by atoms with Crippen molar-refractivity contribution in [2.75, 3.05) is 12.4 Å². The number of hydrogen-bond acceptors (Lipinski definition) is 2. The molecule has 15 heavy (non-hydrogen) atoms. The van der Waals surface area contributed by atoms with Crippen LogP contribution in [0.3, 0.4) is 0 Å². The van der Waals surface area contributed by atoms with Gasteiger partial charge < -0.3 is 11.1 Å². The van der Waals surface area contributed by atoms with E-state index in [1.165, 1.54) is 0 Å². The highest BCUT2D eigenvalue weighted by Gasteiger charge is 2.03. The highest BCUT2D eigenvalue weighted by molar-refractivity contribution is 6.00. The number of nitrogens with one attached hydrogen (secondary N) is 1. The van der Waals surface area contributed by atoms with Gasteiger partial charge in [0.15, 0.2) is 0 Å². The smallest absolute Gasteiger partial charge is 0.248 e. The number of hydrogen-bond donors (Lipinski definition) is 2. The third kappa shape index (κ3) is 1.64. The molecule has 0 spiro atoms. The summed E-state index contributed by atoms with van der Waals surface area (Å²) < 4.78 is 0. The van der Waals surface area contributed by atoms with Gasteiger partial charge in [0.05, 0.1) is 0 Å². The summed E-state index contributed by atoms with van der Waals surface area (Å²) >= 11 is 0. The maximum atomic E-state index is 11.0. The second kappa shape index (κ2) is 3.61. The Labute approximate surface area is 87.9 Å². The Bertz CT molecular complexity index is 520. The normalized spacial score (nSPS) is 10.2. The van der Waals surface area contributed by atoms with E-state index in [2.05, 4.69) is 5.32 Å². The SMILES string of the molecule is CNc1cccc2cc(C(N)=O)ccc12. The van der Waals surface area contributed by atoms with E-state index in [1.54, 1.807) is 12.1 Å². The van der Waals surface area contributed by atoms with Crippen LogP contribution in [0.25, 0.3) is 10.8 Å². The van der Waals surface area contributed by atoms with Gasteiger partial charge in [-0.3, -0.25) is 4.79 Å². The summed E-state index contributed by atoms with van der Waals surface area (Å²) in [5.74, 6) is -0.397. The highest BCUT2D eigenvalue weighted by atomic mass is 16.1. The van der Waals surface area contributed by atoms with Crippen molar-refractivity contribution in [3.05, 3.63) is 42.0 Å². The van der Waals surface area contributed by atoms with Crippen LogP contribution in [0, 0.1) is 0 Å². The fraction of sp³-hybridized carbons (Fsp3) is 0.0833. The van der Waals surface area contributed by atoms with Crippen molar-refractivity contribution in [1.82, 2.24) is 0 Å². The molecule has 0 heterocycles. The molecule has 0 fully saturated rings. The average molecular weight is 200 g/mol. The molecule has 0 aliphatic heterocycles. The molecule has 2 rings (SSSR count). The van der Waals surface area contributed by atoms with Gasteiger partial charge in [-0.1, -0.05) is 18.2 Å². The van der Waals surface area contributed by atoms with E-state index in [1.807, 2.05) is 31.3 Å². The quantitative estimate of drug-likeness (QED) is 0.778. The van der Waals surface area contributed by atoms with Crippen LogP contribution in [0.4, 0.5) is 5.69 Å². The van der Waals surface area contributed by atoms with E-state index in [9.17, 15) is 4.79 Å². The van der Waals surface area contributed by atoms with E-state index >= 15 is 0 Å². The Morgan fingerprint density at radius 3 is 2.73 bits per heavy atom. The largest absolute Gasteiger partial charge is 0.388 e. The van der Waals surface area contributed by atoms with Crippen LogP contribution in [-0.4, -0.2) is 13.0 Å². The molecule has 76 valence electrons. The van der Waals surface area contributed by atoms with E-state index < -0.39 is 5.91 Å². The maximum Gasteiger partial charge on any atom is 0.248 e. The van der Waals surface area contributed by atoms with Crippen LogP contribution in [0.1, 0.15) is 10.4 Å². The number of nitrogens with two attached hydrogens (primary N) is 1. The summed E-state index contributed by atoms with van der Waals surface area (Å²) in [5, 5.41) is 5.20. The predicted molar refractivity (Wildman–Crippen MR) is 62.0 cm³/mol. The van der Waals surface area contributed by atoms with E-state index in [-0.39, 0.29) is 0 Å². The first kappa shape index (κ1) is 9.52. The van der Waals surface area contributed by atoms with Crippen molar-refractivity contribution < 1.29 is 4.79 Å². The van der Waals surface area contributed by atoms with Gasteiger partial charge in [-0.25, -0.2) is 0 Å². The molecule has 3 heteroatoms. The van der Waals surface area contributed by atoms with Gasteiger partial charge in [-0.2, -0.15) is 0 Å². The zero-order valence-electron chi connectivity index (χ0n) is 8.45. The maximum absolute atomic E-state index is 11.0. The molecule has 3 N–H and O–H groups in total. The second-order valence-corrected chi connectivity index (χ2v) is 3.36. The first-order valence-corrected chi connectivity index (χ1v) is 4.72. The Kier molecular flexibility index (Phi) is 2.29. The molecule has 0 aromatic heterocycles. The Balaban J connectivity index is 2.69. The average Bonchev–Trinajstić information content (AvgIpc) is 2.27. The lowest BCUT2D eigenvalue weighted by atomic mass is 10.1. The number of primary amides is 1. The topological polar surface area (TPSA) is 55.1 Å². The van der Waals surface area contributed by atoms with Crippen molar-refractivity contribution in [2.24, 2.45) is 5.73 Å². The van der Waals surface area contributed by atoms with Crippen LogP contribution in [-0.2, 0) is 0 Å². The molecule has 0 aliphatic carbocycles. The number of benzene rings is 2. The lowest BCUT2D eigenvalue weighted by Crippen LogP contribution is -2.10. The second-order valence-electron chi connectivity index (χ2n) is 3.36. The highest BCUT2D eigenvalue weighted by Crippen LogP contribution is 2.23. The van der Waals surface area contributed by atoms with Gasteiger partial charge in [0.2, 0.25) is 5.91 Å². The van der Waals surface area contributed by atoms with Crippen LogP contribution >= 0.6 is 0 Å². The number of carbonyl (C=O) groups excluding carboxylic acids is 1. The van der Waals surface area contributed by atoms with Crippen molar-refractivity contribution in [3.8, 4) is 0 Å². The van der Waals surface area contributed by atoms with Gasteiger partial charge in [-0.05, 0) is 23.6 Å². The van der Waals surface area contributed by atoms with E-state index in [0.29, 0.717) is 5.56 Å². The lowest BCUT2D eigenvalue weighted by molar-refractivity contribution is 0.100. The number of fused-ring (bicyclic) bond motifs is 1. The molecule has 0 saturated carbocycles. The minimum atomic E-state index is -0.397. The first-order chi connectivity index (χ1) is 7.22. The van der Waals surface area contributed by atoms with Crippen LogP contribution in [0.15, 0.2) is 36.4 Å². The van der Waals surface area contributed by atoms with E-state index in [0.717, 1.165) is 16.5 Å². The monoisotopic (exact) mass is 200 g/mol. The number of anilines is 1. The summed E-state index contributed by atoms with van der Waals surface area (Å²) in [4.78, 5) is 11.0. The van der Waals surface area contributed by atoms with Crippen LogP contribution in [0.2, 0.25) is 0 Å². The molecule has 0 atom stereocenters. The molecule has 0 unspecified atom stereocenters. The van der Waals surface area contributed by atoms with Crippen molar-refractivity contribution >= 4 is 22.4 Å². The third-order valence-corrected chi connectivity index (χ3v) is 2.43. The van der Waals surface area contributed by atoms with Gasteiger partial charge in [0, 0.05) is 23.7 Å². The Morgan fingerprint density at radius 1 is 1.27 bits per heavy atom. The van der Waals surface area contributed by atoms with Gasteiger partial charge in [-0.15, -0.1) is 0 Å². The van der Waals surface area contributed by atoms with Gasteiger partial charge in [0.25, 0.3) is 0 Å². The Hall–Kier alpha value is -2.03. The van der Waals surface area contributed by atoms with Crippen molar-refractivity contribution in [2.45, 2.75) is 0 Å². The summed E-state index contributed by atoms with van der Waals surface area (Å²) in [5.41, 5.74) is 6.80. The Morgan fingerprint density at radius 2 is 2.07 bits per heavy atom. The zero-order valence-corrected chi connectivity index (χ0v) is 8.45. The number of amides is 1. The number of rotatable bonds is 2. The standard InChI is InChI=1S/C12H12N2O/c1-14-11-4-2-3-8-7-9(12(13)15)5-6-10(8)11/h2-7,14H,1H3,(H2,13,15). The van der Waals surface area contributed by atoms with Crippen LogP contribution in [0.5, 0.6) is 0 Å². The fourth-order valence-electron chi connectivity index (χ4n) is 1.65. The molecule has 0 bridgehead atoms. The molecular formula is C12H12N2O. The summed E-state index contributed by atoms with van der Waals surface area (Å²) in [6, 6.07) is 11.3. The fourth-order valence-corrected chi connectivity index (χ4v) is 1.65. The predicted octanol–water partition coefficient (Wildman–Crippen LogP) is 1.98. The zero-order chi connectivity index (χ0) is 10.8.